The Morgan fingerprint density at radius 2 is 1.94 bits per heavy atom. The molecule has 1 saturated heterocycles. The van der Waals surface area contributed by atoms with Gasteiger partial charge in [0.15, 0.2) is 0 Å². The Morgan fingerprint density at radius 1 is 1.12 bits per heavy atom. The summed E-state index contributed by atoms with van der Waals surface area (Å²) in [7, 11) is 1.30. The highest BCUT2D eigenvalue weighted by atomic mass is 35.5. The average molecular weight is 467 g/mol. The van der Waals surface area contributed by atoms with Gasteiger partial charge < -0.3 is 15.0 Å². The van der Waals surface area contributed by atoms with Crippen LogP contribution in [0, 0.1) is 5.92 Å². The van der Waals surface area contributed by atoms with Gasteiger partial charge in [0, 0.05) is 24.2 Å². The molecule has 8 nitrogen and oxygen atoms in total. The largest absolute Gasteiger partial charge is 0.465 e. The molecule has 0 spiro atoms. The maximum atomic E-state index is 13.0. The first-order chi connectivity index (χ1) is 16.0. The molecule has 2 aromatic carbocycles. The van der Waals surface area contributed by atoms with Gasteiger partial charge in [0.1, 0.15) is 5.82 Å². The molecule has 0 saturated carbocycles. The van der Waals surface area contributed by atoms with Gasteiger partial charge in [-0.2, -0.15) is 4.68 Å². The van der Waals surface area contributed by atoms with Crippen LogP contribution in [0.5, 0.6) is 0 Å². The fourth-order valence-electron chi connectivity index (χ4n) is 3.88. The molecule has 1 aliphatic rings. The number of amides is 1. The highest BCUT2D eigenvalue weighted by molar-refractivity contribution is 6.30. The smallest absolute Gasteiger partial charge is 0.339 e. The number of esters is 1. The topological polar surface area (TPSA) is 93.5 Å². The van der Waals surface area contributed by atoms with Gasteiger partial charge in [-0.3, -0.25) is 9.59 Å². The van der Waals surface area contributed by atoms with E-state index in [1.54, 1.807) is 54.6 Å². The quantitative estimate of drug-likeness (QED) is 0.578. The molecule has 0 unspecified atom stereocenters. The van der Waals surface area contributed by atoms with Crippen molar-refractivity contribution >= 4 is 35.0 Å². The van der Waals surface area contributed by atoms with Crippen LogP contribution in [0.1, 0.15) is 23.2 Å². The second kappa shape index (κ2) is 9.87. The zero-order chi connectivity index (χ0) is 23.4. The van der Waals surface area contributed by atoms with Crippen molar-refractivity contribution in [3.8, 4) is 5.69 Å². The molecule has 0 bridgehead atoms. The van der Waals surface area contributed by atoms with E-state index in [2.05, 4.69) is 10.4 Å². The van der Waals surface area contributed by atoms with Gasteiger partial charge in [-0.15, -0.1) is 5.10 Å². The van der Waals surface area contributed by atoms with E-state index < -0.39 is 5.97 Å². The molecule has 1 amide bonds. The van der Waals surface area contributed by atoms with Gasteiger partial charge in [0.05, 0.1) is 30.0 Å². The molecule has 2 heterocycles. The Morgan fingerprint density at radius 3 is 2.73 bits per heavy atom. The number of rotatable bonds is 5. The van der Waals surface area contributed by atoms with Gasteiger partial charge >= 0.3 is 5.97 Å². The van der Waals surface area contributed by atoms with Crippen molar-refractivity contribution in [1.82, 2.24) is 9.78 Å². The number of carbonyl (C=O) groups excluding carboxylic acids is 2. The lowest BCUT2D eigenvalue weighted by Gasteiger charge is -2.33. The number of para-hydroxylation sites is 1. The third kappa shape index (κ3) is 5.06. The molecule has 9 heteroatoms. The number of methoxy groups -OCH3 is 1. The Kier molecular flexibility index (Phi) is 6.74. The van der Waals surface area contributed by atoms with Gasteiger partial charge in [-0.25, -0.2) is 4.79 Å². The predicted molar refractivity (Wildman–Crippen MR) is 126 cm³/mol. The SMILES string of the molecule is COC(=O)c1ccccc1NC(=O)[C@@H]1CCCN(c2ccc(=O)n(-c3cccc(Cl)c3)n2)C1. The first-order valence-electron chi connectivity index (χ1n) is 10.6. The standard InChI is InChI=1S/C24H23ClN4O4/c1-33-24(32)19-9-2-3-10-20(19)26-23(31)16-6-5-13-28(15-16)21-11-12-22(30)29(27-21)18-8-4-7-17(25)14-18/h2-4,7-12,14,16H,5-6,13,15H2,1H3,(H,26,31)/t16-/m1/s1. The van der Waals surface area contributed by atoms with Crippen LogP contribution in [0.2, 0.25) is 5.02 Å². The molecule has 1 aliphatic heterocycles. The van der Waals surface area contributed by atoms with Crippen LogP contribution in [0.25, 0.3) is 5.69 Å². The number of aromatic nitrogens is 2. The molecular formula is C24H23ClN4O4. The van der Waals surface area contributed by atoms with Crippen LogP contribution in [0.3, 0.4) is 0 Å². The van der Waals surface area contributed by atoms with E-state index in [0.29, 0.717) is 47.3 Å². The van der Waals surface area contributed by atoms with Crippen LogP contribution in [0.15, 0.2) is 65.5 Å². The second-order valence-corrected chi connectivity index (χ2v) is 8.17. The highest BCUT2D eigenvalue weighted by Crippen LogP contribution is 2.24. The summed E-state index contributed by atoms with van der Waals surface area (Å²) in [6.45, 7) is 1.15. The summed E-state index contributed by atoms with van der Waals surface area (Å²) >= 11 is 6.07. The van der Waals surface area contributed by atoms with Crippen LogP contribution >= 0.6 is 11.6 Å². The molecule has 0 aliphatic carbocycles. The van der Waals surface area contributed by atoms with Crippen molar-refractivity contribution in [2.45, 2.75) is 12.8 Å². The maximum Gasteiger partial charge on any atom is 0.339 e. The van der Waals surface area contributed by atoms with Gasteiger partial charge in [-0.1, -0.05) is 29.8 Å². The summed E-state index contributed by atoms with van der Waals surface area (Å²) in [6, 6.07) is 16.8. The summed E-state index contributed by atoms with van der Waals surface area (Å²) in [4.78, 5) is 39.4. The highest BCUT2D eigenvalue weighted by Gasteiger charge is 2.28. The number of piperidine rings is 1. The first-order valence-corrected chi connectivity index (χ1v) is 10.9. The monoisotopic (exact) mass is 466 g/mol. The Labute approximate surface area is 195 Å². The van der Waals surface area contributed by atoms with Crippen LogP contribution in [0.4, 0.5) is 11.5 Å². The van der Waals surface area contributed by atoms with Crippen molar-refractivity contribution in [3.05, 3.63) is 81.6 Å². The third-order valence-electron chi connectivity index (χ3n) is 5.55. The number of anilines is 2. The van der Waals surface area contributed by atoms with E-state index in [1.807, 2.05) is 4.90 Å². The van der Waals surface area contributed by atoms with Crippen LogP contribution < -0.4 is 15.8 Å². The zero-order valence-corrected chi connectivity index (χ0v) is 18.8. The van der Waals surface area contributed by atoms with Crippen LogP contribution in [-0.4, -0.2) is 41.9 Å². The molecular weight excluding hydrogens is 444 g/mol. The minimum atomic E-state index is -0.511. The summed E-state index contributed by atoms with van der Waals surface area (Å²) < 4.78 is 6.10. The van der Waals surface area contributed by atoms with Crippen molar-refractivity contribution in [2.24, 2.45) is 5.92 Å². The molecule has 3 aromatic rings. The zero-order valence-electron chi connectivity index (χ0n) is 18.0. The molecule has 33 heavy (non-hydrogen) atoms. The molecule has 170 valence electrons. The average Bonchev–Trinajstić information content (AvgIpc) is 2.84. The first kappa shape index (κ1) is 22.5. The number of nitrogens with zero attached hydrogens (tertiary/aromatic N) is 3. The lowest BCUT2D eigenvalue weighted by molar-refractivity contribution is -0.120. The van der Waals surface area contributed by atoms with E-state index in [4.69, 9.17) is 16.3 Å². The van der Waals surface area contributed by atoms with E-state index in [9.17, 15) is 14.4 Å². The number of ether oxygens (including phenoxy) is 1. The van der Waals surface area contributed by atoms with Crippen molar-refractivity contribution < 1.29 is 14.3 Å². The van der Waals surface area contributed by atoms with Crippen molar-refractivity contribution in [2.75, 3.05) is 30.4 Å². The summed E-state index contributed by atoms with van der Waals surface area (Å²) in [6.07, 6.45) is 1.49. The summed E-state index contributed by atoms with van der Waals surface area (Å²) in [5.41, 5.74) is 1.02. The number of benzene rings is 2. The summed E-state index contributed by atoms with van der Waals surface area (Å²) in [5, 5.41) is 7.88. The van der Waals surface area contributed by atoms with Crippen LogP contribution in [-0.2, 0) is 9.53 Å². The molecule has 1 N–H and O–H groups in total. The Balaban J connectivity index is 1.53. The molecule has 1 atom stereocenters. The maximum absolute atomic E-state index is 13.0. The van der Waals surface area contributed by atoms with Crippen molar-refractivity contribution in [3.63, 3.8) is 0 Å². The van der Waals surface area contributed by atoms with E-state index in [0.717, 1.165) is 6.42 Å². The van der Waals surface area contributed by atoms with Gasteiger partial charge in [0.25, 0.3) is 5.56 Å². The second-order valence-electron chi connectivity index (χ2n) is 7.73. The molecule has 1 fully saturated rings. The number of halogens is 1. The third-order valence-corrected chi connectivity index (χ3v) is 5.78. The minimum Gasteiger partial charge on any atom is -0.465 e. The Hall–Kier alpha value is -3.65. The fourth-order valence-corrected chi connectivity index (χ4v) is 4.06. The van der Waals surface area contributed by atoms with E-state index in [-0.39, 0.29) is 17.4 Å². The lowest BCUT2D eigenvalue weighted by atomic mass is 9.97. The van der Waals surface area contributed by atoms with Gasteiger partial charge in [0.2, 0.25) is 5.91 Å². The summed E-state index contributed by atoms with van der Waals surface area (Å²) in [5.74, 6) is -0.400. The number of nitrogens with one attached hydrogen (secondary N) is 1. The van der Waals surface area contributed by atoms with Gasteiger partial charge in [-0.05, 0) is 49.2 Å². The molecule has 1 aromatic heterocycles. The van der Waals surface area contributed by atoms with E-state index >= 15 is 0 Å². The fraction of sp³-hybridized carbons (Fsp3) is 0.250. The number of hydrogen-bond acceptors (Lipinski definition) is 6. The molecule has 0 radical (unpaired) electrons. The number of hydrogen-bond donors (Lipinski definition) is 1. The normalized spacial score (nSPS) is 15.7. The minimum absolute atomic E-state index is 0.181. The number of carbonyl (C=O) groups is 2. The molecule has 4 rings (SSSR count). The predicted octanol–water partition coefficient (Wildman–Crippen LogP) is 3.53. The van der Waals surface area contributed by atoms with E-state index in [1.165, 1.54) is 17.9 Å². The Bertz CT molecular complexity index is 1240. The lowest BCUT2D eigenvalue weighted by Crippen LogP contribution is -2.42. The van der Waals surface area contributed by atoms with Crippen molar-refractivity contribution in [1.29, 1.82) is 0 Å².